The minimum atomic E-state index is -0.950. The molecule has 2 aliphatic rings. The zero-order chi connectivity index (χ0) is 24.0. The maximum atomic E-state index is 13.5. The third-order valence-corrected chi connectivity index (χ3v) is 7.06. The fourth-order valence-corrected chi connectivity index (χ4v) is 4.97. The van der Waals surface area contributed by atoms with Gasteiger partial charge in [-0.15, -0.1) is 0 Å². The molecule has 1 aliphatic carbocycles. The number of likely N-dealkylation sites (N-methyl/N-ethyl adjacent to an activating group) is 1. The Kier molecular flexibility index (Phi) is 5.38. The highest BCUT2D eigenvalue weighted by Crippen LogP contribution is 2.43. The number of nitrogens with zero attached hydrogens (tertiary/aromatic N) is 3. The molecule has 34 heavy (non-hydrogen) atoms. The molecular weight excluding hydrogens is 446 g/mol. The largest absolute Gasteiger partial charge is 0.344 e. The van der Waals surface area contributed by atoms with Gasteiger partial charge in [0.1, 0.15) is 0 Å². The van der Waals surface area contributed by atoms with E-state index in [1.807, 2.05) is 31.2 Å². The monoisotopic (exact) mass is 469 g/mol. The Bertz CT molecular complexity index is 1340. The van der Waals surface area contributed by atoms with Crippen LogP contribution in [0.3, 0.4) is 0 Å². The smallest absolute Gasteiger partial charge is 0.239 e. The molecule has 1 amide bonds. The van der Waals surface area contributed by atoms with Gasteiger partial charge < -0.3 is 5.32 Å². The fraction of sp³-hybridized carbons (Fsp3) is 0.259. The average Bonchev–Trinajstić information content (AvgIpc) is 3.68. The topological polar surface area (TPSA) is 92.9 Å². The quantitative estimate of drug-likeness (QED) is 0.552. The number of benzene rings is 2. The van der Waals surface area contributed by atoms with Crippen LogP contribution in [0.4, 0.5) is 0 Å². The molecule has 2 fully saturated rings. The molecule has 2 aromatic carbocycles. The molecule has 170 valence electrons. The molecule has 1 aliphatic heterocycles. The van der Waals surface area contributed by atoms with Crippen LogP contribution in [0.15, 0.2) is 60.8 Å². The summed E-state index contributed by atoms with van der Waals surface area (Å²) in [7, 11) is 1.61. The number of nitriles is 1. The van der Waals surface area contributed by atoms with E-state index in [2.05, 4.69) is 28.5 Å². The van der Waals surface area contributed by atoms with Crippen LogP contribution >= 0.6 is 11.6 Å². The molecule has 0 spiro atoms. The molecule has 6 nitrogen and oxygen atoms in total. The van der Waals surface area contributed by atoms with E-state index >= 15 is 0 Å². The van der Waals surface area contributed by atoms with Crippen molar-refractivity contribution in [3.05, 3.63) is 88.2 Å². The molecule has 5 rings (SSSR count). The van der Waals surface area contributed by atoms with Gasteiger partial charge in [-0.2, -0.15) is 5.26 Å². The zero-order valence-corrected chi connectivity index (χ0v) is 19.7. The van der Waals surface area contributed by atoms with Crippen molar-refractivity contribution in [2.45, 2.75) is 37.1 Å². The van der Waals surface area contributed by atoms with Gasteiger partial charge in [-0.05, 0) is 78.3 Å². The summed E-state index contributed by atoms with van der Waals surface area (Å²) in [4.78, 5) is 19.5. The Morgan fingerprint density at radius 1 is 1.12 bits per heavy atom. The summed E-state index contributed by atoms with van der Waals surface area (Å²) >= 11 is 6.23. The fourth-order valence-electron chi connectivity index (χ4n) is 4.73. The van der Waals surface area contributed by atoms with Crippen LogP contribution < -0.4 is 5.32 Å². The summed E-state index contributed by atoms with van der Waals surface area (Å²) in [5.41, 5.74) is 3.95. The van der Waals surface area contributed by atoms with Crippen LogP contribution in [0.5, 0.6) is 0 Å². The molecule has 0 radical (unpaired) electrons. The van der Waals surface area contributed by atoms with Crippen molar-refractivity contribution in [3.8, 4) is 17.2 Å². The van der Waals surface area contributed by atoms with E-state index in [0.29, 0.717) is 22.2 Å². The zero-order valence-electron chi connectivity index (χ0n) is 19.0. The molecule has 1 aromatic heterocycles. The van der Waals surface area contributed by atoms with E-state index in [1.54, 1.807) is 31.4 Å². The van der Waals surface area contributed by atoms with Crippen molar-refractivity contribution in [2.24, 2.45) is 0 Å². The lowest BCUT2D eigenvalue weighted by molar-refractivity contribution is -0.131. The number of nitrogens with one attached hydrogen (secondary N) is 2. The third-order valence-electron chi connectivity index (χ3n) is 6.84. The third kappa shape index (κ3) is 3.82. The SMILES string of the molecule is CN1C(=N)N[C@](C)(c2cc(-c3cc(Cl)cc(C#N)c3)ccn2)[C@H](c2ccc(C3CC3)cc2)C1=O. The number of guanidine groups is 1. The number of hydrogen-bond donors (Lipinski definition) is 2. The number of amides is 1. The average molecular weight is 470 g/mol. The van der Waals surface area contributed by atoms with Crippen molar-refractivity contribution in [1.29, 1.82) is 10.7 Å². The second kappa shape index (κ2) is 8.27. The Balaban J connectivity index is 1.60. The van der Waals surface area contributed by atoms with Gasteiger partial charge in [-0.1, -0.05) is 35.9 Å². The molecule has 0 unspecified atom stereocenters. The minimum absolute atomic E-state index is 0.0278. The van der Waals surface area contributed by atoms with E-state index in [4.69, 9.17) is 17.0 Å². The lowest BCUT2D eigenvalue weighted by Gasteiger charge is -2.45. The number of rotatable bonds is 4. The summed E-state index contributed by atoms with van der Waals surface area (Å²) in [6.45, 7) is 1.91. The van der Waals surface area contributed by atoms with Crippen LogP contribution in [-0.4, -0.2) is 28.8 Å². The van der Waals surface area contributed by atoms with Gasteiger partial charge in [-0.3, -0.25) is 20.1 Å². The molecular formula is C27H24ClN5O. The van der Waals surface area contributed by atoms with Crippen LogP contribution in [0.1, 0.15) is 54.0 Å². The van der Waals surface area contributed by atoms with Crippen LogP contribution in [0.25, 0.3) is 11.1 Å². The second-order valence-corrected chi connectivity index (χ2v) is 9.65. The Hall–Kier alpha value is -3.69. The Morgan fingerprint density at radius 2 is 1.82 bits per heavy atom. The number of hydrogen-bond acceptors (Lipinski definition) is 4. The summed E-state index contributed by atoms with van der Waals surface area (Å²) in [5, 5.41) is 21.5. The van der Waals surface area contributed by atoms with Gasteiger partial charge in [0.05, 0.1) is 28.8 Å². The Morgan fingerprint density at radius 3 is 2.50 bits per heavy atom. The molecule has 7 heteroatoms. The van der Waals surface area contributed by atoms with Gasteiger partial charge in [-0.25, -0.2) is 0 Å². The maximum Gasteiger partial charge on any atom is 0.239 e. The number of pyridine rings is 1. The van der Waals surface area contributed by atoms with Gasteiger partial charge in [0.15, 0.2) is 5.96 Å². The predicted molar refractivity (Wildman–Crippen MR) is 132 cm³/mol. The van der Waals surface area contributed by atoms with Gasteiger partial charge in [0, 0.05) is 18.3 Å². The highest BCUT2D eigenvalue weighted by molar-refractivity contribution is 6.31. The van der Waals surface area contributed by atoms with Crippen molar-refractivity contribution in [1.82, 2.24) is 15.2 Å². The minimum Gasteiger partial charge on any atom is -0.344 e. The number of halogens is 1. The van der Waals surface area contributed by atoms with E-state index in [9.17, 15) is 10.1 Å². The Labute approximate surface area is 203 Å². The van der Waals surface area contributed by atoms with Gasteiger partial charge in [0.2, 0.25) is 5.91 Å². The molecule has 0 bridgehead atoms. The first-order chi connectivity index (χ1) is 16.3. The first kappa shape index (κ1) is 22.1. The molecule has 2 N–H and O–H groups in total. The molecule has 1 saturated heterocycles. The summed E-state index contributed by atoms with van der Waals surface area (Å²) in [5.74, 6) is -0.0744. The first-order valence-electron chi connectivity index (χ1n) is 11.2. The van der Waals surface area contributed by atoms with Crippen LogP contribution in [-0.2, 0) is 10.3 Å². The van der Waals surface area contributed by atoms with E-state index in [0.717, 1.165) is 16.7 Å². The second-order valence-electron chi connectivity index (χ2n) is 9.22. The van der Waals surface area contributed by atoms with Gasteiger partial charge >= 0.3 is 0 Å². The molecule has 3 aromatic rings. The highest BCUT2D eigenvalue weighted by Gasteiger charge is 2.49. The van der Waals surface area contributed by atoms with Crippen molar-refractivity contribution in [2.75, 3.05) is 7.05 Å². The lowest BCUT2D eigenvalue weighted by Crippen LogP contribution is -2.62. The number of aromatic nitrogens is 1. The summed E-state index contributed by atoms with van der Waals surface area (Å²) in [6, 6.07) is 19.4. The van der Waals surface area contributed by atoms with Crippen molar-refractivity contribution < 1.29 is 4.79 Å². The molecule has 1 saturated carbocycles. The van der Waals surface area contributed by atoms with Crippen molar-refractivity contribution in [3.63, 3.8) is 0 Å². The van der Waals surface area contributed by atoms with Crippen LogP contribution in [0.2, 0.25) is 5.02 Å². The van der Waals surface area contributed by atoms with E-state index in [-0.39, 0.29) is 11.9 Å². The normalized spacial score (nSPS) is 22.3. The van der Waals surface area contributed by atoms with Crippen LogP contribution in [0, 0.1) is 16.7 Å². The highest BCUT2D eigenvalue weighted by atomic mass is 35.5. The number of carbonyl (C=O) groups is 1. The molecule has 2 heterocycles. The number of carbonyl (C=O) groups excluding carboxylic acids is 1. The summed E-state index contributed by atoms with van der Waals surface area (Å²) < 4.78 is 0. The van der Waals surface area contributed by atoms with Crippen molar-refractivity contribution >= 4 is 23.5 Å². The molecule has 2 atom stereocenters. The standard InChI is InChI=1S/C27H24ClN5O/c1-27(23-14-20(9-10-31-23)21-11-16(15-29)12-22(28)13-21)24(25(34)33(2)26(30)32-27)19-7-5-18(6-8-19)17-3-4-17/h5-14,17,24H,3-4H2,1-2H3,(H2,30,32)/t24-,27-/m1/s1. The first-order valence-corrected chi connectivity index (χ1v) is 11.6. The lowest BCUT2D eigenvalue weighted by atomic mass is 9.75. The predicted octanol–water partition coefficient (Wildman–Crippen LogP) is 5.15. The van der Waals surface area contributed by atoms with Gasteiger partial charge in [0.25, 0.3) is 0 Å². The van der Waals surface area contributed by atoms with E-state index in [1.165, 1.54) is 23.3 Å². The maximum absolute atomic E-state index is 13.5. The summed E-state index contributed by atoms with van der Waals surface area (Å²) in [6.07, 6.45) is 4.12. The van der Waals surface area contributed by atoms with E-state index < -0.39 is 11.5 Å².